The predicted octanol–water partition coefficient (Wildman–Crippen LogP) is 3.07. The summed E-state index contributed by atoms with van der Waals surface area (Å²) >= 11 is 3.44. The molecule has 2 aromatic rings. The topological polar surface area (TPSA) is 34.9 Å². The van der Waals surface area contributed by atoms with Crippen molar-refractivity contribution in [2.24, 2.45) is 0 Å². The van der Waals surface area contributed by atoms with Crippen LogP contribution in [0.2, 0.25) is 0 Å². The summed E-state index contributed by atoms with van der Waals surface area (Å²) in [6.45, 7) is 1.90. The van der Waals surface area contributed by atoms with Crippen LogP contribution in [0.5, 0.6) is 0 Å². The molecule has 0 saturated heterocycles. The number of para-hydroxylation sites is 1. The average Bonchev–Trinajstić information content (AvgIpc) is 2.73. The van der Waals surface area contributed by atoms with Gasteiger partial charge in [-0.15, -0.1) is 0 Å². The van der Waals surface area contributed by atoms with Gasteiger partial charge in [0, 0.05) is 0 Å². The summed E-state index contributed by atoms with van der Waals surface area (Å²) in [7, 11) is 0. The van der Waals surface area contributed by atoms with Gasteiger partial charge in [-0.2, -0.15) is 5.10 Å². The van der Waals surface area contributed by atoms with Crippen molar-refractivity contribution in [2.45, 2.75) is 24.6 Å². The summed E-state index contributed by atoms with van der Waals surface area (Å²) in [5.74, 6) is 0.163. The van der Waals surface area contributed by atoms with Gasteiger partial charge in [0.2, 0.25) is 0 Å². The van der Waals surface area contributed by atoms with Gasteiger partial charge in [0.05, 0.1) is 27.5 Å². The largest absolute Gasteiger partial charge is 0.293 e. The molecule has 18 heavy (non-hydrogen) atoms. The number of hydrogen-bond donors (Lipinski definition) is 0. The number of nitrogens with zero attached hydrogens (tertiary/aromatic N) is 2. The maximum Gasteiger partial charge on any atom is 0.180 e. The van der Waals surface area contributed by atoms with Crippen LogP contribution < -0.4 is 0 Å². The van der Waals surface area contributed by atoms with Crippen LogP contribution in [0, 0.1) is 6.92 Å². The molecule has 1 aliphatic rings. The Bertz CT molecular complexity index is 604. The average molecular weight is 305 g/mol. The van der Waals surface area contributed by atoms with Crippen molar-refractivity contribution in [1.29, 1.82) is 0 Å². The van der Waals surface area contributed by atoms with E-state index >= 15 is 0 Å². The summed E-state index contributed by atoms with van der Waals surface area (Å²) in [5.41, 5.74) is 3.68. The number of carbonyl (C=O) groups is 1. The molecule has 0 radical (unpaired) electrons. The number of aryl methyl sites for hydroxylation is 1. The number of carbonyl (C=O) groups excluding carboxylic acids is 1. The summed E-state index contributed by atoms with van der Waals surface area (Å²) in [6, 6.07) is 9.97. The van der Waals surface area contributed by atoms with Gasteiger partial charge in [-0.3, -0.25) is 4.79 Å². The fraction of sp³-hybridized carbons (Fsp3) is 0.286. The molecule has 1 heterocycles. The first-order valence-electron chi connectivity index (χ1n) is 6.00. The van der Waals surface area contributed by atoms with Gasteiger partial charge in [-0.1, -0.05) is 34.1 Å². The molecule has 1 aromatic heterocycles. The molecule has 3 nitrogen and oxygen atoms in total. The van der Waals surface area contributed by atoms with E-state index in [0.717, 1.165) is 35.5 Å². The molecule has 0 spiro atoms. The van der Waals surface area contributed by atoms with Crippen LogP contribution in [0.1, 0.15) is 28.2 Å². The summed E-state index contributed by atoms with van der Waals surface area (Å²) in [5, 5.41) is 4.52. The lowest BCUT2D eigenvalue weighted by Crippen LogP contribution is -2.23. The summed E-state index contributed by atoms with van der Waals surface area (Å²) in [4.78, 5) is 12.1. The minimum absolute atomic E-state index is 0.0582. The number of Topliss-reactive ketones (excluding diaryl/α,β-unsaturated/α-hetero) is 1. The third-order valence-electron chi connectivity index (χ3n) is 3.32. The molecule has 0 bridgehead atoms. The van der Waals surface area contributed by atoms with Crippen molar-refractivity contribution >= 4 is 21.7 Å². The first-order valence-corrected chi connectivity index (χ1v) is 6.92. The highest BCUT2D eigenvalue weighted by Crippen LogP contribution is 2.29. The van der Waals surface area contributed by atoms with E-state index in [2.05, 4.69) is 21.0 Å². The molecule has 92 valence electrons. The van der Waals surface area contributed by atoms with E-state index in [1.807, 2.05) is 41.9 Å². The molecular weight excluding hydrogens is 292 g/mol. The lowest BCUT2D eigenvalue weighted by Gasteiger charge is -2.17. The molecule has 0 saturated carbocycles. The Morgan fingerprint density at radius 3 is 2.78 bits per heavy atom. The second-order valence-corrected chi connectivity index (χ2v) is 5.63. The Labute approximate surface area is 114 Å². The van der Waals surface area contributed by atoms with E-state index < -0.39 is 0 Å². The van der Waals surface area contributed by atoms with Gasteiger partial charge in [-0.05, 0) is 31.9 Å². The molecular formula is C14H13BrN2O. The Hall–Kier alpha value is -1.42. The van der Waals surface area contributed by atoms with Crippen LogP contribution in [0.15, 0.2) is 30.3 Å². The zero-order chi connectivity index (χ0) is 12.7. The fourth-order valence-corrected chi connectivity index (χ4v) is 2.92. The number of hydrogen-bond acceptors (Lipinski definition) is 2. The zero-order valence-electron chi connectivity index (χ0n) is 10.1. The van der Waals surface area contributed by atoms with Crippen molar-refractivity contribution in [2.75, 3.05) is 0 Å². The Morgan fingerprint density at radius 2 is 2.06 bits per heavy atom. The highest BCUT2D eigenvalue weighted by atomic mass is 79.9. The number of halogens is 1. The summed E-state index contributed by atoms with van der Waals surface area (Å²) < 4.78 is 1.90. The van der Waals surface area contributed by atoms with Crippen molar-refractivity contribution in [3.8, 4) is 5.69 Å². The minimum Gasteiger partial charge on any atom is -0.293 e. The molecule has 1 aliphatic carbocycles. The van der Waals surface area contributed by atoms with Crippen molar-refractivity contribution < 1.29 is 4.79 Å². The van der Waals surface area contributed by atoms with E-state index in [-0.39, 0.29) is 10.6 Å². The van der Waals surface area contributed by atoms with E-state index in [1.165, 1.54) is 0 Å². The van der Waals surface area contributed by atoms with Crippen LogP contribution >= 0.6 is 15.9 Å². The van der Waals surface area contributed by atoms with Crippen LogP contribution in [0.4, 0.5) is 0 Å². The predicted molar refractivity (Wildman–Crippen MR) is 73.7 cm³/mol. The molecule has 0 N–H and O–H groups in total. The van der Waals surface area contributed by atoms with Crippen molar-refractivity contribution in [1.82, 2.24) is 9.78 Å². The van der Waals surface area contributed by atoms with Crippen LogP contribution in [0.3, 0.4) is 0 Å². The lowest BCUT2D eigenvalue weighted by atomic mass is 9.94. The molecule has 1 atom stereocenters. The number of rotatable bonds is 1. The van der Waals surface area contributed by atoms with Gasteiger partial charge in [0.25, 0.3) is 0 Å². The minimum atomic E-state index is -0.0582. The quantitative estimate of drug-likeness (QED) is 0.759. The van der Waals surface area contributed by atoms with Crippen LogP contribution in [-0.2, 0) is 6.42 Å². The third kappa shape index (κ3) is 1.72. The van der Waals surface area contributed by atoms with E-state index in [0.29, 0.717) is 0 Å². The normalized spacial score (nSPS) is 18.8. The molecule has 0 unspecified atom stereocenters. The monoisotopic (exact) mass is 304 g/mol. The van der Waals surface area contributed by atoms with Gasteiger partial charge in [0.1, 0.15) is 0 Å². The third-order valence-corrected chi connectivity index (χ3v) is 4.20. The number of fused-ring (bicyclic) bond motifs is 1. The molecule has 3 rings (SSSR count). The lowest BCUT2D eigenvalue weighted by molar-refractivity contribution is 0.0980. The first kappa shape index (κ1) is 11.7. The highest BCUT2D eigenvalue weighted by molar-refractivity contribution is 9.10. The number of benzene rings is 1. The van der Waals surface area contributed by atoms with Crippen LogP contribution in [-0.4, -0.2) is 20.4 Å². The Morgan fingerprint density at radius 1 is 1.33 bits per heavy atom. The maximum absolute atomic E-state index is 12.2. The molecule has 0 aliphatic heterocycles. The molecule has 4 heteroatoms. The smallest absolute Gasteiger partial charge is 0.180 e. The van der Waals surface area contributed by atoms with E-state index in [1.54, 1.807) is 0 Å². The van der Waals surface area contributed by atoms with Gasteiger partial charge in [0.15, 0.2) is 5.78 Å². The summed E-state index contributed by atoms with van der Waals surface area (Å²) in [6.07, 6.45) is 1.72. The van der Waals surface area contributed by atoms with Crippen molar-refractivity contribution in [3.63, 3.8) is 0 Å². The number of alkyl halides is 1. The van der Waals surface area contributed by atoms with Crippen LogP contribution in [0.25, 0.3) is 5.69 Å². The van der Waals surface area contributed by atoms with E-state index in [4.69, 9.17) is 0 Å². The maximum atomic E-state index is 12.2. The van der Waals surface area contributed by atoms with Gasteiger partial charge >= 0.3 is 0 Å². The Balaban J connectivity index is 2.18. The first-order chi connectivity index (χ1) is 8.68. The SMILES string of the molecule is Cc1nn(-c2ccccc2)c2c1C(=O)[C@@H](Br)CC2. The number of ketones is 1. The molecule has 0 fully saturated rings. The van der Waals surface area contributed by atoms with Crippen molar-refractivity contribution in [3.05, 3.63) is 47.3 Å². The highest BCUT2D eigenvalue weighted by Gasteiger charge is 2.31. The van der Waals surface area contributed by atoms with Gasteiger partial charge < -0.3 is 0 Å². The second-order valence-electron chi connectivity index (χ2n) is 4.52. The molecule has 1 aromatic carbocycles. The fourth-order valence-electron chi connectivity index (χ4n) is 2.46. The Kier molecular flexibility index (Phi) is 2.82. The van der Waals surface area contributed by atoms with Gasteiger partial charge in [-0.25, -0.2) is 4.68 Å². The zero-order valence-corrected chi connectivity index (χ0v) is 11.6. The standard InChI is InChI=1S/C14H13BrN2O/c1-9-13-12(8-7-11(15)14(13)18)17(16-9)10-5-3-2-4-6-10/h2-6,11H,7-8H2,1H3/t11-/m0/s1. The molecule has 0 amide bonds. The van der Waals surface area contributed by atoms with E-state index in [9.17, 15) is 4.79 Å². The second kappa shape index (κ2) is 4.35. The number of aromatic nitrogens is 2.